The van der Waals surface area contributed by atoms with E-state index in [1.54, 1.807) is 30.3 Å². The zero-order valence-corrected chi connectivity index (χ0v) is 11.0. The summed E-state index contributed by atoms with van der Waals surface area (Å²) in [5.74, 6) is -0.980. The number of halogens is 1. The molecule has 0 aliphatic rings. The van der Waals surface area contributed by atoms with E-state index in [2.05, 4.69) is 10.5 Å². The minimum absolute atomic E-state index is 0.255. The Hall–Kier alpha value is -2.53. The van der Waals surface area contributed by atoms with Crippen molar-refractivity contribution in [3.05, 3.63) is 58.6 Å². The SMILES string of the molecule is O=C(N/N=C/c1cccc(O)c1O)c1cccc(Cl)c1. The van der Waals surface area contributed by atoms with Gasteiger partial charge in [0.05, 0.1) is 6.21 Å². The Kier molecular flexibility index (Phi) is 4.22. The summed E-state index contributed by atoms with van der Waals surface area (Å²) in [4.78, 5) is 11.7. The molecule has 0 aliphatic heterocycles. The molecule has 5 nitrogen and oxygen atoms in total. The maximum Gasteiger partial charge on any atom is 0.271 e. The molecule has 102 valence electrons. The monoisotopic (exact) mass is 290 g/mol. The standard InChI is InChI=1S/C14H11ClN2O3/c15-11-5-1-3-9(7-11)14(20)17-16-8-10-4-2-6-12(18)13(10)19/h1-8,18-19H,(H,17,20)/b16-8+. The molecule has 0 saturated heterocycles. The van der Waals surface area contributed by atoms with Crippen molar-refractivity contribution in [2.75, 3.05) is 0 Å². The smallest absolute Gasteiger partial charge is 0.271 e. The van der Waals surface area contributed by atoms with Crippen molar-refractivity contribution < 1.29 is 15.0 Å². The summed E-state index contributed by atoms with van der Waals surface area (Å²) >= 11 is 5.78. The summed E-state index contributed by atoms with van der Waals surface area (Å²) in [6.45, 7) is 0. The van der Waals surface area contributed by atoms with E-state index < -0.39 is 5.91 Å². The van der Waals surface area contributed by atoms with Crippen molar-refractivity contribution >= 4 is 23.7 Å². The minimum atomic E-state index is -0.427. The number of phenols is 2. The molecule has 0 fully saturated rings. The van der Waals surface area contributed by atoms with E-state index in [1.165, 1.54) is 18.3 Å². The molecule has 0 atom stereocenters. The Bertz CT molecular complexity index is 671. The molecular weight excluding hydrogens is 280 g/mol. The van der Waals surface area contributed by atoms with Gasteiger partial charge in [0, 0.05) is 16.1 Å². The van der Waals surface area contributed by atoms with Crippen molar-refractivity contribution in [2.45, 2.75) is 0 Å². The largest absolute Gasteiger partial charge is 0.504 e. The molecule has 0 spiro atoms. The van der Waals surface area contributed by atoms with E-state index in [4.69, 9.17) is 11.6 Å². The summed E-state index contributed by atoms with van der Waals surface area (Å²) in [5.41, 5.74) is 2.96. The van der Waals surface area contributed by atoms with E-state index in [-0.39, 0.29) is 17.1 Å². The quantitative estimate of drug-likeness (QED) is 0.461. The van der Waals surface area contributed by atoms with Gasteiger partial charge in [-0.15, -0.1) is 0 Å². The first kappa shape index (κ1) is 13.9. The lowest BCUT2D eigenvalue weighted by Crippen LogP contribution is -2.17. The van der Waals surface area contributed by atoms with Gasteiger partial charge < -0.3 is 10.2 Å². The molecule has 0 bridgehead atoms. The van der Waals surface area contributed by atoms with Crippen LogP contribution in [-0.4, -0.2) is 22.3 Å². The summed E-state index contributed by atoms with van der Waals surface area (Å²) in [6.07, 6.45) is 1.23. The van der Waals surface area contributed by atoms with Crippen molar-refractivity contribution in [1.82, 2.24) is 5.43 Å². The van der Waals surface area contributed by atoms with Gasteiger partial charge in [-0.1, -0.05) is 23.7 Å². The second kappa shape index (κ2) is 6.08. The number of phenolic OH excluding ortho intramolecular Hbond substituents is 2. The van der Waals surface area contributed by atoms with E-state index >= 15 is 0 Å². The van der Waals surface area contributed by atoms with Gasteiger partial charge in [0.2, 0.25) is 0 Å². The molecule has 1 amide bonds. The molecule has 6 heteroatoms. The number of hydrazone groups is 1. The van der Waals surface area contributed by atoms with E-state index in [9.17, 15) is 15.0 Å². The van der Waals surface area contributed by atoms with Crippen molar-refractivity contribution in [1.29, 1.82) is 0 Å². The summed E-state index contributed by atoms with van der Waals surface area (Å²) < 4.78 is 0. The molecule has 0 aromatic heterocycles. The third-order valence-electron chi connectivity index (χ3n) is 2.50. The van der Waals surface area contributed by atoms with Crippen molar-refractivity contribution in [2.24, 2.45) is 5.10 Å². The fourth-order valence-electron chi connectivity index (χ4n) is 1.51. The van der Waals surface area contributed by atoms with Crippen LogP contribution in [0.2, 0.25) is 5.02 Å². The Balaban J connectivity index is 2.07. The van der Waals surface area contributed by atoms with E-state index in [0.717, 1.165) is 0 Å². The highest BCUT2D eigenvalue weighted by molar-refractivity contribution is 6.30. The Labute approximate surface area is 120 Å². The average molecular weight is 291 g/mol. The van der Waals surface area contributed by atoms with Crippen LogP contribution in [0, 0.1) is 0 Å². The number of amides is 1. The van der Waals surface area contributed by atoms with Crippen molar-refractivity contribution in [3.63, 3.8) is 0 Å². The average Bonchev–Trinajstić information content (AvgIpc) is 2.43. The molecule has 3 N–H and O–H groups in total. The van der Waals surface area contributed by atoms with Gasteiger partial charge in [-0.3, -0.25) is 4.79 Å². The number of nitrogens with one attached hydrogen (secondary N) is 1. The molecule has 0 saturated carbocycles. The molecule has 0 unspecified atom stereocenters. The lowest BCUT2D eigenvalue weighted by molar-refractivity contribution is 0.0955. The predicted octanol–water partition coefficient (Wildman–Crippen LogP) is 2.52. The third kappa shape index (κ3) is 3.27. The van der Waals surface area contributed by atoms with Gasteiger partial charge in [0.25, 0.3) is 5.91 Å². The van der Waals surface area contributed by atoms with Crippen LogP contribution in [-0.2, 0) is 0 Å². The summed E-state index contributed by atoms with van der Waals surface area (Å²) in [7, 11) is 0. The van der Waals surface area contributed by atoms with Gasteiger partial charge in [-0.2, -0.15) is 5.10 Å². The normalized spacial score (nSPS) is 10.7. The minimum Gasteiger partial charge on any atom is -0.504 e. The number of nitrogens with zero attached hydrogens (tertiary/aromatic N) is 1. The van der Waals surface area contributed by atoms with Crippen molar-refractivity contribution in [3.8, 4) is 11.5 Å². The Morgan fingerprint density at radius 1 is 1.20 bits per heavy atom. The van der Waals surface area contributed by atoms with Gasteiger partial charge in [0.15, 0.2) is 11.5 Å². The maximum absolute atomic E-state index is 11.7. The topological polar surface area (TPSA) is 81.9 Å². The van der Waals surface area contributed by atoms with Crippen LogP contribution >= 0.6 is 11.6 Å². The fraction of sp³-hybridized carbons (Fsp3) is 0. The van der Waals surface area contributed by atoms with Crippen LogP contribution in [0.3, 0.4) is 0 Å². The third-order valence-corrected chi connectivity index (χ3v) is 2.74. The molecule has 2 rings (SSSR count). The number of para-hydroxylation sites is 1. The fourth-order valence-corrected chi connectivity index (χ4v) is 1.70. The lowest BCUT2D eigenvalue weighted by Gasteiger charge is -2.02. The van der Waals surface area contributed by atoms with Crippen LogP contribution in [0.4, 0.5) is 0 Å². The predicted molar refractivity (Wildman–Crippen MR) is 76.3 cm³/mol. The highest BCUT2D eigenvalue weighted by atomic mass is 35.5. The molecule has 2 aromatic rings. The van der Waals surface area contributed by atoms with E-state index in [1.807, 2.05) is 0 Å². The Morgan fingerprint density at radius 3 is 2.70 bits per heavy atom. The summed E-state index contributed by atoms with van der Waals surface area (Å²) in [5, 5.41) is 23.0. The zero-order chi connectivity index (χ0) is 14.5. The molecule has 2 aromatic carbocycles. The van der Waals surface area contributed by atoms with Crippen LogP contribution in [0.5, 0.6) is 11.5 Å². The number of carbonyl (C=O) groups is 1. The molecular formula is C14H11ClN2O3. The maximum atomic E-state index is 11.7. The molecule has 0 radical (unpaired) electrons. The first-order valence-corrected chi connectivity index (χ1v) is 6.05. The highest BCUT2D eigenvalue weighted by Crippen LogP contribution is 2.26. The number of benzene rings is 2. The number of hydrogen-bond acceptors (Lipinski definition) is 4. The van der Waals surface area contributed by atoms with Crippen LogP contribution in [0.1, 0.15) is 15.9 Å². The number of rotatable bonds is 3. The molecule has 20 heavy (non-hydrogen) atoms. The van der Waals surface area contributed by atoms with E-state index in [0.29, 0.717) is 10.6 Å². The molecule has 0 heterocycles. The van der Waals surface area contributed by atoms with Gasteiger partial charge in [-0.05, 0) is 30.3 Å². The first-order chi connectivity index (χ1) is 9.58. The lowest BCUT2D eigenvalue weighted by atomic mass is 10.2. The number of aromatic hydroxyl groups is 2. The Morgan fingerprint density at radius 2 is 1.95 bits per heavy atom. The second-order valence-electron chi connectivity index (χ2n) is 3.92. The zero-order valence-electron chi connectivity index (χ0n) is 10.2. The van der Waals surface area contributed by atoms with Crippen LogP contribution in [0.15, 0.2) is 47.6 Å². The first-order valence-electron chi connectivity index (χ1n) is 5.68. The summed E-state index contributed by atoms with van der Waals surface area (Å²) in [6, 6.07) is 10.9. The van der Waals surface area contributed by atoms with Crippen LogP contribution in [0.25, 0.3) is 0 Å². The van der Waals surface area contributed by atoms with Crippen LogP contribution < -0.4 is 5.43 Å². The second-order valence-corrected chi connectivity index (χ2v) is 4.36. The van der Waals surface area contributed by atoms with Gasteiger partial charge >= 0.3 is 0 Å². The number of hydrogen-bond donors (Lipinski definition) is 3. The van der Waals surface area contributed by atoms with Gasteiger partial charge in [0.1, 0.15) is 0 Å². The number of carbonyl (C=O) groups excluding carboxylic acids is 1. The molecule has 0 aliphatic carbocycles. The highest BCUT2D eigenvalue weighted by Gasteiger charge is 2.05. The van der Waals surface area contributed by atoms with Gasteiger partial charge in [-0.25, -0.2) is 5.43 Å².